The molecule has 0 fully saturated rings. The number of halogens is 4. The SMILES string of the molecule is NOc1cc(F)cc(C(F)(F)F)c1. The summed E-state index contributed by atoms with van der Waals surface area (Å²) in [5, 5.41) is 0. The highest BCUT2D eigenvalue weighted by Crippen LogP contribution is 2.31. The normalized spacial score (nSPS) is 11.5. The fourth-order valence-corrected chi connectivity index (χ4v) is 0.794. The minimum atomic E-state index is -4.60. The third-order valence-electron chi connectivity index (χ3n) is 1.33. The van der Waals surface area contributed by atoms with E-state index in [-0.39, 0.29) is 5.75 Å². The molecule has 1 aromatic rings. The molecule has 2 N–H and O–H groups in total. The Bertz CT molecular complexity index is 310. The van der Waals surface area contributed by atoms with Crippen LogP contribution in [0.25, 0.3) is 0 Å². The predicted molar refractivity (Wildman–Crippen MR) is 36.2 cm³/mol. The lowest BCUT2D eigenvalue weighted by atomic mass is 10.2. The number of nitrogens with two attached hydrogens (primary N) is 1. The van der Waals surface area contributed by atoms with Crippen LogP contribution in [-0.4, -0.2) is 0 Å². The van der Waals surface area contributed by atoms with E-state index in [1.54, 1.807) is 0 Å². The van der Waals surface area contributed by atoms with Crippen molar-refractivity contribution in [2.24, 2.45) is 5.90 Å². The van der Waals surface area contributed by atoms with Crippen LogP contribution < -0.4 is 10.7 Å². The Labute approximate surface area is 70.9 Å². The summed E-state index contributed by atoms with van der Waals surface area (Å²) in [7, 11) is 0. The molecule has 6 heteroatoms. The summed E-state index contributed by atoms with van der Waals surface area (Å²) in [6.45, 7) is 0. The first kappa shape index (κ1) is 9.79. The molecule has 2 nitrogen and oxygen atoms in total. The lowest BCUT2D eigenvalue weighted by Gasteiger charge is -2.07. The summed E-state index contributed by atoms with van der Waals surface area (Å²) in [6.07, 6.45) is -4.60. The highest BCUT2D eigenvalue weighted by atomic mass is 19.4. The van der Waals surface area contributed by atoms with Crippen LogP contribution in [-0.2, 0) is 6.18 Å². The highest BCUT2D eigenvalue weighted by Gasteiger charge is 2.31. The van der Waals surface area contributed by atoms with Gasteiger partial charge >= 0.3 is 6.18 Å². The summed E-state index contributed by atoms with van der Waals surface area (Å²) in [5.74, 6) is 3.18. The second-order valence-corrected chi connectivity index (χ2v) is 2.29. The van der Waals surface area contributed by atoms with E-state index < -0.39 is 17.6 Å². The molecule has 0 aliphatic heterocycles. The summed E-state index contributed by atoms with van der Waals surface area (Å²) < 4.78 is 48.6. The third-order valence-corrected chi connectivity index (χ3v) is 1.33. The molecule has 0 unspecified atom stereocenters. The smallest absolute Gasteiger partial charge is 0.411 e. The maximum atomic E-state index is 12.5. The topological polar surface area (TPSA) is 35.2 Å². The summed E-state index contributed by atoms with van der Waals surface area (Å²) in [6, 6.07) is 1.74. The first-order chi connectivity index (χ1) is 5.93. The van der Waals surface area contributed by atoms with Crippen LogP contribution in [0, 0.1) is 5.82 Å². The molecule has 0 radical (unpaired) electrons. The van der Waals surface area contributed by atoms with E-state index in [1.807, 2.05) is 0 Å². The molecular weight excluding hydrogens is 190 g/mol. The molecule has 1 aromatic carbocycles. The van der Waals surface area contributed by atoms with E-state index in [0.717, 1.165) is 6.07 Å². The van der Waals surface area contributed by atoms with Crippen LogP contribution in [0.15, 0.2) is 18.2 Å². The average Bonchev–Trinajstić information content (AvgIpc) is 2.01. The Balaban J connectivity index is 3.16. The van der Waals surface area contributed by atoms with Gasteiger partial charge in [-0.2, -0.15) is 19.1 Å². The van der Waals surface area contributed by atoms with Crippen LogP contribution in [0.1, 0.15) is 5.56 Å². The molecule has 72 valence electrons. The maximum Gasteiger partial charge on any atom is 0.416 e. The Morgan fingerprint density at radius 2 is 1.77 bits per heavy atom. The average molecular weight is 195 g/mol. The van der Waals surface area contributed by atoms with Gasteiger partial charge in [0, 0.05) is 6.07 Å². The Morgan fingerprint density at radius 1 is 1.15 bits per heavy atom. The van der Waals surface area contributed by atoms with Gasteiger partial charge in [-0.25, -0.2) is 4.39 Å². The first-order valence-electron chi connectivity index (χ1n) is 3.18. The second kappa shape index (κ2) is 3.21. The van der Waals surface area contributed by atoms with Gasteiger partial charge in [0.15, 0.2) is 0 Å². The van der Waals surface area contributed by atoms with Gasteiger partial charge in [-0.3, -0.25) is 0 Å². The fourth-order valence-electron chi connectivity index (χ4n) is 0.794. The molecule has 0 atom stereocenters. The largest absolute Gasteiger partial charge is 0.416 e. The quantitative estimate of drug-likeness (QED) is 0.550. The molecule has 0 spiro atoms. The van der Waals surface area contributed by atoms with Crippen molar-refractivity contribution >= 4 is 0 Å². The first-order valence-corrected chi connectivity index (χ1v) is 3.18. The standard InChI is InChI=1S/C7H5F4NO/c8-5-1-4(7(9,10)11)2-6(3-5)13-12/h1-3H,12H2. The van der Waals surface area contributed by atoms with Crippen molar-refractivity contribution in [2.75, 3.05) is 0 Å². The van der Waals surface area contributed by atoms with Crippen LogP contribution in [0.4, 0.5) is 17.6 Å². The van der Waals surface area contributed by atoms with E-state index in [2.05, 4.69) is 10.7 Å². The van der Waals surface area contributed by atoms with Crippen LogP contribution in [0.2, 0.25) is 0 Å². The number of rotatable bonds is 1. The van der Waals surface area contributed by atoms with E-state index in [1.165, 1.54) is 0 Å². The molecule has 0 bridgehead atoms. The van der Waals surface area contributed by atoms with Gasteiger partial charge in [0.05, 0.1) is 5.56 Å². The third kappa shape index (κ3) is 2.32. The second-order valence-electron chi connectivity index (χ2n) is 2.29. The molecule has 0 saturated carbocycles. The van der Waals surface area contributed by atoms with Gasteiger partial charge in [0.2, 0.25) is 0 Å². The Hall–Kier alpha value is -1.30. The maximum absolute atomic E-state index is 12.5. The fraction of sp³-hybridized carbons (Fsp3) is 0.143. The van der Waals surface area contributed by atoms with Crippen molar-refractivity contribution in [3.8, 4) is 5.75 Å². The summed E-state index contributed by atoms with van der Waals surface area (Å²) in [4.78, 5) is 3.99. The van der Waals surface area contributed by atoms with Gasteiger partial charge in [-0.15, -0.1) is 0 Å². The van der Waals surface area contributed by atoms with Gasteiger partial charge in [-0.05, 0) is 12.1 Å². The minimum absolute atomic E-state index is 0.364. The number of benzene rings is 1. The van der Waals surface area contributed by atoms with Gasteiger partial charge in [0.1, 0.15) is 11.6 Å². The van der Waals surface area contributed by atoms with E-state index in [0.29, 0.717) is 12.1 Å². The minimum Gasteiger partial charge on any atom is -0.411 e. The van der Waals surface area contributed by atoms with Crippen LogP contribution in [0.3, 0.4) is 0 Å². The van der Waals surface area contributed by atoms with Crippen molar-refractivity contribution in [3.63, 3.8) is 0 Å². The van der Waals surface area contributed by atoms with Crippen molar-refractivity contribution in [1.29, 1.82) is 0 Å². The Kier molecular flexibility index (Phi) is 2.42. The van der Waals surface area contributed by atoms with Crippen molar-refractivity contribution in [2.45, 2.75) is 6.18 Å². The lowest BCUT2D eigenvalue weighted by Crippen LogP contribution is -2.08. The Morgan fingerprint density at radius 3 is 2.23 bits per heavy atom. The van der Waals surface area contributed by atoms with Crippen molar-refractivity contribution in [1.82, 2.24) is 0 Å². The van der Waals surface area contributed by atoms with E-state index in [4.69, 9.17) is 0 Å². The monoisotopic (exact) mass is 195 g/mol. The summed E-state index contributed by atoms with van der Waals surface area (Å²) >= 11 is 0. The van der Waals surface area contributed by atoms with E-state index in [9.17, 15) is 17.6 Å². The predicted octanol–water partition coefficient (Wildman–Crippen LogP) is 2.10. The lowest BCUT2D eigenvalue weighted by molar-refractivity contribution is -0.137. The van der Waals surface area contributed by atoms with Crippen LogP contribution in [0.5, 0.6) is 5.75 Å². The molecule has 0 saturated heterocycles. The number of hydrogen-bond donors (Lipinski definition) is 1. The van der Waals surface area contributed by atoms with Crippen molar-refractivity contribution in [3.05, 3.63) is 29.6 Å². The zero-order valence-corrected chi connectivity index (χ0v) is 6.23. The zero-order chi connectivity index (χ0) is 10.1. The highest BCUT2D eigenvalue weighted by molar-refractivity contribution is 5.31. The van der Waals surface area contributed by atoms with Gasteiger partial charge < -0.3 is 4.84 Å². The summed E-state index contributed by atoms with van der Waals surface area (Å²) in [5.41, 5.74) is -1.13. The van der Waals surface area contributed by atoms with Gasteiger partial charge in [-0.1, -0.05) is 0 Å². The molecule has 0 amide bonds. The van der Waals surface area contributed by atoms with Gasteiger partial charge in [0.25, 0.3) is 0 Å². The molecule has 0 heterocycles. The molecular formula is C7H5F4NO. The van der Waals surface area contributed by atoms with Crippen molar-refractivity contribution < 1.29 is 22.4 Å². The molecule has 1 rings (SSSR count). The molecule has 0 aromatic heterocycles. The number of hydrogen-bond acceptors (Lipinski definition) is 2. The van der Waals surface area contributed by atoms with E-state index >= 15 is 0 Å². The molecule has 13 heavy (non-hydrogen) atoms. The van der Waals surface area contributed by atoms with Crippen LogP contribution >= 0.6 is 0 Å². The number of alkyl halides is 3. The molecule has 0 aliphatic carbocycles. The molecule has 0 aliphatic rings. The zero-order valence-electron chi connectivity index (χ0n) is 6.23.